The average Bonchev–Trinajstić information content (AvgIpc) is 3.26. The minimum absolute atomic E-state index is 0. The molecule has 1 N–H and O–H groups in total. The van der Waals surface area contributed by atoms with Gasteiger partial charge >= 0.3 is 21.7 Å². The SMILES string of the molecule is CC12CC3CC(C)(C1)CC([NH-])(C3)C2.CC1=[C-]C(C)C(C)=C1C.[Ti+2].c1ccc(-c2ccccc2)cc1.c1ccc([SiH]c2ccccc2)cc1. The van der Waals surface area contributed by atoms with Crippen molar-refractivity contribution >= 4 is 19.9 Å². The molecule has 3 heteroatoms. The molecule has 3 atom stereocenters. The van der Waals surface area contributed by atoms with Crippen molar-refractivity contribution in [3.8, 4) is 11.1 Å². The Balaban J connectivity index is 0.000000145. The summed E-state index contributed by atoms with van der Waals surface area (Å²) in [6.45, 7) is 13.5. The fraction of sp³-hybridized carbons (Fsp3) is 0.378. The van der Waals surface area contributed by atoms with Gasteiger partial charge in [0.05, 0.1) is 0 Å². The molecule has 4 bridgehead atoms. The van der Waals surface area contributed by atoms with Crippen molar-refractivity contribution in [1.29, 1.82) is 0 Å². The van der Waals surface area contributed by atoms with Gasteiger partial charge in [-0.15, -0.1) is 12.5 Å². The summed E-state index contributed by atoms with van der Waals surface area (Å²) in [5.74, 6) is 1.45. The minimum Gasteiger partial charge on any atom is -0.672 e. The standard InChI is InChI=1S/C12H20N.C12H11Si.C12H10.C9H13.Ti/c1-10-3-9-4-11(2,6-10)8-12(13,5-9)7-10;1-3-7-11(8-4-1)13-12-9-5-2-6-10-12;1-3-7-11(8-4-1)12-9-5-2-6-10-12;1-6-5-7(2)9(4)8(6)3;/h9,13H,3-8H2,1-2H3;1-10,13H;1-10H;6H,1-4H3;/q-1;;;-1;+2. The smallest absolute Gasteiger partial charge is 0.672 e. The Morgan fingerprint density at radius 3 is 1.29 bits per heavy atom. The zero-order chi connectivity index (χ0) is 33.5. The van der Waals surface area contributed by atoms with Crippen LogP contribution in [0.2, 0.25) is 0 Å². The van der Waals surface area contributed by atoms with Crippen LogP contribution in [0.5, 0.6) is 0 Å². The van der Waals surface area contributed by atoms with Crippen molar-refractivity contribution in [2.24, 2.45) is 22.7 Å². The fourth-order valence-corrected chi connectivity index (χ4v) is 10.4. The van der Waals surface area contributed by atoms with E-state index in [1.54, 1.807) is 0 Å². The summed E-state index contributed by atoms with van der Waals surface area (Å²) in [6.07, 6.45) is 11.2. The second-order valence-corrected chi connectivity index (χ2v) is 17.0. The first-order valence-corrected chi connectivity index (χ1v) is 18.7. The monoisotopic (exact) mass is 684 g/mol. The van der Waals surface area contributed by atoms with Gasteiger partial charge in [0.1, 0.15) is 9.52 Å². The molecule has 4 fully saturated rings. The van der Waals surface area contributed by atoms with Crippen molar-refractivity contribution in [2.45, 2.75) is 85.6 Å². The Morgan fingerprint density at radius 1 is 0.604 bits per heavy atom. The summed E-state index contributed by atoms with van der Waals surface area (Å²) in [5, 5.41) is 2.90. The van der Waals surface area contributed by atoms with E-state index in [9.17, 15) is 0 Å². The maximum Gasteiger partial charge on any atom is 2.00 e. The van der Waals surface area contributed by atoms with E-state index in [1.807, 2.05) is 12.1 Å². The summed E-state index contributed by atoms with van der Waals surface area (Å²) < 4.78 is 0. The van der Waals surface area contributed by atoms with Gasteiger partial charge in [0.15, 0.2) is 0 Å². The van der Waals surface area contributed by atoms with Gasteiger partial charge in [-0.2, -0.15) is 11.1 Å². The largest absolute Gasteiger partial charge is 2.00 e. The zero-order valence-corrected chi connectivity index (χ0v) is 32.7. The van der Waals surface area contributed by atoms with Crippen LogP contribution in [0.15, 0.2) is 138 Å². The summed E-state index contributed by atoms with van der Waals surface area (Å²) in [6, 6.07) is 42.1. The molecule has 5 aliphatic rings. The first kappa shape index (κ1) is 38.1. The Labute approximate surface area is 309 Å². The summed E-state index contributed by atoms with van der Waals surface area (Å²) in [7, 11) is 0.271. The van der Waals surface area contributed by atoms with Crippen LogP contribution in [0.1, 0.15) is 80.1 Å². The minimum atomic E-state index is -0.0249. The normalized spacial score (nSPS) is 27.6. The summed E-state index contributed by atoms with van der Waals surface area (Å²) in [4.78, 5) is 0. The molecule has 0 saturated heterocycles. The quantitative estimate of drug-likeness (QED) is 0.152. The molecule has 4 aromatic rings. The molecule has 0 spiro atoms. The predicted molar refractivity (Wildman–Crippen MR) is 206 cm³/mol. The van der Waals surface area contributed by atoms with Gasteiger partial charge in [0, 0.05) is 0 Å². The van der Waals surface area contributed by atoms with Gasteiger partial charge in [-0.25, -0.2) is 5.57 Å². The van der Waals surface area contributed by atoms with Crippen molar-refractivity contribution < 1.29 is 21.7 Å². The van der Waals surface area contributed by atoms with E-state index in [4.69, 9.17) is 5.73 Å². The number of nitrogens with one attached hydrogen (secondary N) is 1. The zero-order valence-electron chi connectivity index (χ0n) is 30.0. The van der Waals surface area contributed by atoms with E-state index >= 15 is 0 Å². The maximum absolute atomic E-state index is 8.46. The Morgan fingerprint density at radius 2 is 1.00 bits per heavy atom. The molecule has 5 aliphatic carbocycles. The molecule has 1 nitrogen and oxygen atoms in total. The molecule has 0 aromatic heterocycles. The van der Waals surface area contributed by atoms with Crippen LogP contribution in [0, 0.1) is 28.7 Å². The van der Waals surface area contributed by atoms with Crippen molar-refractivity contribution in [1.82, 2.24) is 0 Å². The summed E-state index contributed by atoms with van der Waals surface area (Å²) in [5.41, 5.74) is 16.3. The van der Waals surface area contributed by atoms with E-state index in [0.29, 0.717) is 16.7 Å². The second-order valence-electron chi connectivity index (χ2n) is 15.4. The molecule has 0 aliphatic heterocycles. The van der Waals surface area contributed by atoms with Crippen LogP contribution in [0.3, 0.4) is 0 Å². The fourth-order valence-electron chi connectivity index (χ4n) is 9.16. The van der Waals surface area contributed by atoms with Gasteiger partial charge in [0.2, 0.25) is 0 Å². The molecule has 0 heterocycles. The molecule has 4 saturated carbocycles. The van der Waals surface area contributed by atoms with E-state index in [0.717, 1.165) is 5.92 Å². The number of benzene rings is 4. The molecule has 3 unspecified atom stereocenters. The molecular formula is C45H54NSiTi. The number of rotatable bonds is 3. The van der Waals surface area contributed by atoms with Gasteiger partial charge in [-0.05, 0) is 47.1 Å². The number of hydrogen-bond donors (Lipinski definition) is 0. The van der Waals surface area contributed by atoms with Gasteiger partial charge in [0.25, 0.3) is 0 Å². The van der Waals surface area contributed by atoms with Crippen LogP contribution < -0.4 is 10.4 Å². The van der Waals surface area contributed by atoms with E-state index in [1.165, 1.54) is 76.7 Å². The first-order valence-electron chi connectivity index (χ1n) is 17.5. The molecule has 4 aromatic carbocycles. The molecule has 0 amide bonds. The average molecular weight is 685 g/mol. The van der Waals surface area contributed by atoms with Crippen LogP contribution in [0.4, 0.5) is 0 Å². The van der Waals surface area contributed by atoms with E-state index in [2.05, 4.69) is 157 Å². The third kappa shape index (κ3) is 10.4. The topological polar surface area (TPSA) is 23.8 Å². The van der Waals surface area contributed by atoms with Crippen molar-refractivity contribution in [3.63, 3.8) is 0 Å². The summed E-state index contributed by atoms with van der Waals surface area (Å²) >= 11 is 0. The molecule has 1 radical (unpaired) electrons. The maximum atomic E-state index is 8.46. The third-order valence-electron chi connectivity index (χ3n) is 10.7. The van der Waals surface area contributed by atoms with Gasteiger partial charge < -0.3 is 5.73 Å². The Kier molecular flexibility index (Phi) is 13.3. The second kappa shape index (κ2) is 16.8. The molecular weight excluding hydrogens is 630 g/mol. The van der Waals surface area contributed by atoms with Gasteiger partial charge in [-0.1, -0.05) is 191 Å². The molecule has 48 heavy (non-hydrogen) atoms. The number of allylic oxidation sites excluding steroid dienone is 4. The number of hydrogen-bond acceptors (Lipinski definition) is 0. The van der Waals surface area contributed by atoms with E-state index in [-0.39, 0.29) is 36.8 Å². The third-order valence-corrected chi connectivity index (χ3v) is 12.1. The Bertz CT molecular complexity index is 1500. The van der Waals surface area contributed by atoms with Crippen molar-refractivity contribution in [3.05, 3.63) is 150 Å². The van der Waals surface area contributed by atoms with Crippen LogP contribution in [-0.4, -0.2) is 15.1 Å². The Hall–Kier alpha value is -2.75. The van der Waals surface area contributed by atoms with Gasteiger partial charge in [-0.3, -0.25) is 6.08 Å². The molecule has 247 valence electrons. The van der Waals surface area contributed by atoms with Crippen LogP contribution in [-0.2, 0) is 21.7 Å². The van der Waals surface area contributed by atoms with E-state index < -0.39 is 0 Å². The van der Waals surface area contributed by atoms with Crippen LogP contribution >= 0.6 is 0 Å². The van der Waals surface area contributed by atoms with Crippen LogP contribution in [0.25, 0.3) is 16.9 Å². The molecule has 9 rings (SSSR count). The predicted octanol–water partition coefficient (Wildman–Crippen LogP) is 10.9. The van der Waals surface area contributed by atoms with Crippen molar-refractivity contribution in [2.75, 3.05) is 0 Å². The first-order chi connectivity index (χ1) is 22.4.